The maximum atomic E-state index is 6.05. The number of aliphatic imine (C=N–C) groups is 1. The summed E-state index contributed by atoms with van der Waals surface area (Å²) >= 11 is 0. The van der Waals surface area contributed by atoms with Crippen LogP contribution in [0.2, 0.25) is 0 Å². The standard InChI is InChI=1S/C24H37N3O3/c1-3-25-23(27-13-15-30-22(17-27)21-10-7-14-29-21)26-18-24(11-4-5-12-24)19-8-6-9-20(16-19)28-2/h6,8-9,16,21-22H,3-5,7,10-15,17-18H2,1-2H3,(H,25,26). The van der Waals surface area contributed by atoms with Gasteiger partial charge < -0.3 is 24.4 Å². The Morgan fingerprint density at radius 2 is 2.03 bits per heavy atom. The molecule has 30 heavy (non-hydrogen) atoms. The Labute approximate surface area is 181 Å². The molecule has 1 aromatic rings. The minimum atomic E-state index is 0.107. The Morgan fingerprint density at radius 3 is 2.77 bits per heavy atom. The van der Waals surface area contributed by atoms with Crippen molar-refractivity contribution in [1.82, 2.24) is 10.2 Å². The summed E-state index contributed by atoms with van der Waals surface area (Å²) in [5, 5.41) is 3.53. The second-order valence-electron chi connectivity index (χ2n) is 8.80. The van der Waals surface area contributed by atoms with Gasteiger partial charge in [0.15, 0.2) is 5.96 Å². The predicted molar refractivity (Wildman–Crippen MR) is 119 cm³/mol. The molecule has 1 aliphatic carbocycles. The first-order valence-corrected chi connectivity index (χ1v) is 11.6. The lowest BCUT2D eigenvalue weighted by atomic mass is 9.79. The number of nitrogens with zero attached hydrogens (tertiary/aromatic N) is 2. The fraction of sp³-hybridized carbons (Fsp3) is 0.708. The Kier molecular flexibility index (Phi) is 7.16. The molecule has 0 amide bonds. The lowest BCUT2D eigenvalue weighted by molar-refractivity contribution is -0.0817. The van der Waals surface area contributed by atoms with E-state index >= 15 is 0 Å². The van der Waals surface area contributed by atoms with E-state index in [0.717, 1.165) is 63.9 Å². The summed E-state index contributed by atoms with van der Waals surface area (Å²) in [5.74, 6) is 1.94. The van der Waals surface area contributed by atoms with Crippen molar-refractivity contribution in [2.24, 2.45) is 4.99 Å². The summed E-state index contributed by atoms with van der Waals surface area (Å²) in [6.45, 7) is 7.14. The van der Waals surface area contributed by atoms with Crippen molar-refractivity contribution in [2.75, 3.05) is 46.5 Å². The number of hydrogen-bond donors (Lipinski definition) is 1. The van der Waals surface area contributed by atoms with Gasteiger partial charge in [0.2, 0.25) is 0 Å². The van der Waals surface area contributed by atoms with Gasteiger partial charge in [0, 0.05) is 31.7 Å². The number of methoxy groups -OCH3 is 1. The number of benzene rings is 1. The lowest BCUT2D eigenvalue weighted by Crippen LogP contribution is -2.53. The third kappa shape index (κ3) is 4.75. The van der Waals surface area contributed by atoms with Crippen LogP contribution in [0.1, 0.15) is 51.0 Å². The van der Waals surface area contributed by atoms with E-state index < -0.39 is 0 Å². The zero-order valence-electron chi connectivity index (χ0n) is 18.6. The van der Waals surface area contributed by atoms with Gasteiger partial charge in [0.1, 0.15) is 11.9 Å². The highest BCUT2D eigenvalue weighted by Gasteiger charge is 2.37. The maximum absolute atomic E-state index is 6.05. The van der Waals surface area contributed by atoms with Gasteiger partial charge in [0.05, 0.1) is 26.4 Å². The number of rotatable bonds is 6. The maximum Gasteiger partial charge on any atom is 0.194 e. The minimum absolute atomic E-state index is 0.107. The molecule has 6 nitrogen and oxygen atoms in total. The van der Waals surface area contributed by atoms with Crippen molar-refractivity contribution in [1.29, 1.82) is 0 Å². The van der Waals surface area contributed by atoms with Gasteiger partial charge >= 0.3 is 0 Å². The van der Waals surface area contributed by atoms with Crippen molar-refractivity contribution < 1.29 is 14.2 Å². The number of morpholine rings is 1. The van der Waals surface area contributed by atoms with Crippen LogP contribution in [0.3, 0.4) is 0 Å². The third-order valence-electron chi connectivity index (χ3n) is 6.88. The summed E-state index contributed by atoms with van der Waals surface area (Å²) in [6.07, 6.45) is 7.52. The molecule has 4 rings (SSSR count). The lowest BCUT2D eigenvalue weighted by Gasteiger charge is -2.37. The molecule has 0 aromatic heterocycles. The first kappa shape index (κ1) is 21.4. The van der Waals surface area contributed by atoms with E-state index in [2.05, 4.69) is 35.3 Å². The van der Waals surface area contributed by atoms with Crippen LogP contribution in [0.15, 0.2) is 29.3 Å². The summed E-state index contributed by atoms with van der Waals surface area (Å²) < 4.78 is 17.4. The second kappa shape index (κ2) is 10.0. The molecular formula is C24H37N3O3. The minimum Gasteiger partial charge on any atom is -0.497 e. The van der Waals surface area contributed by atoms with E-state index in [0.29, 0.717) is 0 Å². The van der Waals surface area contributed by atoms with Gasteiger partial charge in [0.25, 0.3) is 0 Å². The zero-order chi connectivity index (χ0) is 20.8. The van der Waals surface area contributed by atoms with Gasteiger partial charge in [-0.15, -0.1) is 0 Å². The average Bonchev–Trinajstić information content (AvgIpc) is 3.50. The summed E-state index contributed by atoms with van der Waals surface area (Å²) in [6, 6.07) is 8.59. The number of guanidine groups is 1. The van der Waals surface area contributed by atoms with Gasteiger partial charge in [-0.3, -0.25) is 4.99 Å². The van der Waals surface area contributed by atoms with E-state index in [1.165, 1.54) is 31.2 Å². The predicted octanol–water partition coefficient (Wildman–Crippen LogP) is 3.35. The SMILES string of the molecule is CCNC(=NCC1(c2cccc(OC)c2)CCCC1)N1CCOC(C2CCCO2)C1. The number of nitrogens with one attached hydrogen (secondary N) is 1. The molecule has 2 saturated heterocycles. The average molecular weight is 416 g/mol. The molecule has 0 radical (unpaired) electrons. The molecular weight excluding hydrogens is 378 g/mol. The first-order valence-electron chi connectivity index (χ1n) is 11.6. The van der Waals surface area contributed by atoms with Crippen LogP contribution in [0.5, 0.6) is 5.75 Å². The molecule has 3 aliphatic rings. The van der Waals surface area contributed by atoms with Crippen LogP contribution in [0, 0.1) is 0 Å². The molecule has 2 unspecified atom stereocenters. The molecule has 1 aromatic carbocycles. The third-order valence-corrected chi connectivity index (χ3v) is 6.88. The topological polar surface area (TPSA) is 55.3 Å². The molecule has 3 fully saturated rings. The first-order chi connectivity index (χ1) is 14.7. The van der Waals surface area contributed by atoms with Gasteiger partial charge in [-0.25, -0.2) is 0 Å². The Bertz CT molecular complexity index is 711. The Balaban J connectivity index is 1.51. The van der Waals surface area contributed by atoms with Gasteiger partial charge in [-0.1, -0.05) is 25.0 Å². The molecule has 0 spiro atoms. The molecule has 2 heterocycles. The normalized spacial score (nSPS) is 26.7. The van der Waals surface area contributed by atoms with Crippen molar-refractivity contribution in [3.05, 3.63) is 29.8 Å². The smallest absolute Gasteiger partial charge is 0.194 e. The van der Waals surface area contributed by atoms with E-state index in [4.69, 9.17) is 19.2 Å². The van der Waals surface area contributed by atoms with Gasteiger partial charge in [-0.05, 0) is 50.3 Å². The van der Waals surface area contributed by atoms with E-state index in [1.54, 1.807) is 7.11 Å². The highest BCUT2D eigenvalue weighted by atomic mass is 16.5. The van der Waals surface area contributed by atoms with Crippen LogP contribution >= 0.6 is 0 Å². The van der Waals surface area contributed by atoms with E-state index in [1.807, 2.05) is 6.07 Å². The van der Waals surface area contributed by atoms with Crippen LogP contribution in [-0.2, 0) is 14.9 Å². The second-order valence-corrected chi connectivity index (χ2v) is 8.80. The molecule has 166 valence electrons. The van der Waals surface area contributed by atoms with Crippen molar-refractivity contribution in [3.63, 3.8) is 0 Å². The highest BCUT2D eigenvalue weighted by Crippen LogP contribution is 2.42. The molecule has 1 N–H and O–H groups in total. The summed E-state index contributed by atoms with van der Waals surface area (Å²) in [4.78, 5) is 7.55. The Morgan fingerprint density at radius 1 is 1.20 bits per heavy atom. The fourth-order valence-electron chi connectivity index (χ4n) is 5.18. The van der Waals surface area contributed by atoms with Gasteiger partial charge in [-0.2, -0.15) is 0 Å². The van der Waals surface area contributed by atoms with Crippen molar-refractivity contribution >= 4 is 5.96 Å². The zero-order valence-corrected chi connectivity index (χ0v) is 18.6. The number of ether oxygens (including phenoxy) is 3. The summed E-state index contributed by atoms with van der Waals surface area (Å²) in [7, 11) is 1.74. The number of hydrogen-bond acceptors (Lipinski definition) is 4. The van der Waals surface area contributed by atoms with Crippen LogP contribution in [-0.4, -0.2) is 69.6 Å². The molecule has 6 heteroatoms. The quantitative estimate of drug-likeness (QED) is 0.570. The largest absolute Gasteiger partial charge is 0.497 e. The van der Waals surface area contributed by atoms with E-state index in [9.17, 15) is 0 Å². The fourth-order valence-corrected chi connectivity index (χ4v) is 5.18. The van der Waals surface area contributed by atoms with Crippen LogP contribution in [0.4, 0.5) is 0 Å². The van der Waals surface area contributed by atoms with Crippen molar-refractivity contribution in [3.8, 4) is 5.75 Å². The molecule has 0 bridgehead atoms. The molecule has 2 aliphatic heterocycles. The van der Waals surface area contributed by atoms with Crippen LogP contribution < -0.4 is 10.1 Å². The van der Waals surface area contributed by atoms with Crippen LogP contribution in [0.25, 0.3) is 0 Å². The highest BCUT2D eigenvalue weighted by molar-refractivity contribution is 5.80. The van der Waals surface area contributed by atoms with E-state index in [-0.39, 0.29) is 17.6 Å². The monoisotopic (exact) mass is 415 g/mol. The Hall–Kier alpha value is -1.79. The molecule has 1 saturated carbocycles. The summed E-state index contributed by atoms with van der Waals surface area (Å²) in [5.41, 5.74) is 1.47. The van der Waals surface area contributed by atoms with Crippen molar-refractivity contribution in [2.45, 2.75) is 63.1 Å². The molecule has 2 atom stereocenters.